The van der Waals surface area contributed by atoms with E-state index in [9.17, 15) is 0 Å². The van der Waals surface area contributed by atoms with Crippen LogP contribution in [0.5, 0.6) is 0 Å². The number of nitrogens with one attached hydrogen (secondary N) is 1. The fourth-order valence-electron chi connectivity index (χ4n) is 2.64. The Hall–Kier alpha value is -1.09. The predicted octanol–water partition coefficient (Wildman–Crippen LogP) is 3.29. The maximum Gasteiger partial charge on any atom is 0.133 e. The number of aromatic nitrogens is 1. The molecular formula is C17H29N3. The van der Waals surface area contributed by atoms with E-state index in [0.717, 1.165) is 31.2 Å². The summed E-state index contributed by atoms with van der Waals surface area (Å²) >= 11 is 0. The molecule has 1 aliphatic rings. The molecule has 1 aliphatic carbocycles. The van der Waals surface area contributed by atoms with Crippen molar-refractivity contribution in [1.29, 1.82) is 0 Å². The molecule has 3 nitrogen and oxygen atoms in total. The van der Waals surface area contributed by atoms with Crippen LogP contribution in [-0.2, 0) is 6.54 Å². The molecule has 1 saturated carbocycles. The number of rotatable bonds is 7. The number of aryl methyl sites for hydroxylation is 2. The molecule has 0 amide bonds. The molecule has 0 aromatic carbocycles. The molecule has 112 valence electrons. The zero-order chi connectivity index (χ0) is 14.7. The highest BCUT2D eigenvalue weighted by molar-refractivity contribution is 5.51. The zero-order valence-electron chi connectivity index (χ0n) is 13.7. The van der Waals surface area contributed by atoms with Crippen LogP contribution < -0.4 is 10.2 Å². The van der Waals surface area contributed by atoms with Gasteiger partial charge in [-0.05, 0) is 56.7 Å². The molecule has 1 fully saturated rings. The smallest absolute Gasteiger partial charge is 0.133 e. The number of pyridine rings is 1. The Morgan fingerprint density at radius 3 is 2.65 bits per heavy atom. The van der Waals surface area contributed by atoms with Gasteiger partial charge in [0, 0.05) is 31.4 Å². The zero-order valence-corrected chi connectivity index (χ0v) is 13.7. The Morgan fingerprint density at radius 1 is 1.35 bits per heavy atom. The second-order valence-electron chi connectivity index (χ2n) is 6.73. The van der Waals surface area contributed by atoms with Crippen LogP contribution >= 0.6 is 0 Å². The van der Waals surface area contributed by atoms with Crippen molar-refractivity contribution in [2.24, 2.45) is 11.8 Å². The summed E-state index contributed by atoms with van der Waals surface area (Å²) in [6, 6.07) is 2.20. The monoisotopic (exact) mass is 275 g/mol. The highest BCUT2D eigenvalue weighted by Crippen LogP contribution is 2.31. The van der Waals surface area contributed by atoms with Gasteiger partial charge in [-0.15, -0.1) is 0 Å². The van der Waals surface area contributed by atoms with E-state index in [1.54, 1.807) is 0 Å². The van der Waals surface area contributed by atoms with Crippen LogP contribution in [0.1, 0.15) is 43.5 Å². The molecule has 0 saturated heterocycles. The quantitative estimate of drug-likeness (QED) is 0.827. The molecule has 0 aliphatic heterocycles. The Balaban J connectivity index is 2.13. The first-order valence-corrected chi connectivity index (χ1v) is 7.86. The summed E-state index contributed by atoms with van der Waals surface area (Å²) in [4.78, 5) is 7.15. The van der Waals surface area contributed by atoms with Gasteiger partial charge in [-0.2, -0.15) is 0 Å². The van der Waals surface area contributed by atoms with E-state index >= 15 is 0 Å². The summed E-state index contributed by atoms with van der Waals surface area (Å²) < 4.78 is 0. The van der Waals surface area contributed by atoms with E-state index < -0.39 is 0 Å². The van der Waals surface area contributed by atoms with Crippen LogP contribution in [-0.4, -0.2) is 25.1 Å². The first-order chi connectivity index (χ1) is 9.47. The van der Waals surface area contributed by atoms with Gasteiger partial charge >= 0.3 is 0 Å². The van der Waals surface area contributed by atoms with E-state index in [4.69, 9.17) is 4.98 Å². The van der Waals surface area contributed by atoms with Crippen molar-refractivity contribution >= 4 is 5.82 Å². The average Bonchev–Trinajstić information content (AvgIpc) is 3.14. The second kappa shape index (κ2) is 6.57. The van der Waals surface area contributed by atoms with Crippen molar-refractivity contribution in [3.63, 3.8) is 0 Å². The lowest BCUT2D eigenvalue weighted by molar-refractivity contribution is 0.550. The highest BCUT2D eigenvalue weighted by atomic mass is 15.2. The lowest BCUT2D eigenvalue weighted by atomic mass is 10.1. The van der Waals surface area contributed by atoms with Gasteiger partial charge < -0.3 is 10.2 Å². The third-order valence-electron chi connectivity index (χ3n) is 3.90. The van der Waals surface area contributed by atoms with Crippen LogP contribution in [0.25, 0.3) is 0 Å². The van der Waals surface area contributed by atoms with Crippen molar-refractivity contribution in [2.75, 3.05) is 25.0 Å². The Kier molecular flexibility index (Phi) is 5.03. The van der Waals surface area contributed by atoms with Crippen molar-refractivity contribution in [2.45, 2.75) is 47.1 Å². The molecular weight excluding hydrogens is 246 g/mol. The molecule has 3 heteroatoms. The van der Waals surface area contributed by atoms with Crippen molar-refractivity contribution in [3.05, 3.63) is 22.9 Å². The van der Waals surface area contributed by atoms with E-state index in [1.165, 1.54) is 29.8 Å². The van der Waals surface area contributed by atoms with Gasteiger partial charge in [-0.3, -0.25) is 0 Å². The van der Waals surface area contributed by atoms with Crippen LogP contribution in [0.2, 0.25) is 0 Å². The summed E-state index contributed by atoms with van der Waals surface area (Å²) in [5.74, 6) is 2.74. The van der Waals surface area contributed by atoms with Gasteiger partial charge in [0.2, 0.25) is 0 Å². The van der Waals surface area contributed by atoms with Gasteiger partial charge in [-0.1, -0.05) is 13.8 Å². The van der Waals surface area contributed by atoms with Gasteiger partial charge in [0.25, 0.3) is 0 Å². The van der Waals surface area contributed by atoms with E-state index in [0.29, 0.717) is 5.92 Å². The van der Waals surface area contributed by atoms with E-state index in [-0.39, 0.29) is 0 Å². The van der Waals surface area contributed by atoms with Crippen LogP contribution in [0.15, 0.2) is 6.07 Å². The van der Waals surface area contributed by atoms with Gasteiger partial charge in [0.1, 0.15) is 5.82 Å². The standard InChI is InChI=1S/C17H29N3/c1-12(2)9-18-10-16-13(3)8-14(4)19-17(16)20(5)11-15-6-7-15/h8,12,15,18H,6-7,9-11H2,1-5H3. The highest BCUT2D eigenvalue weighted by Gasteiger charge is 2.24. The number of hydrogen-bond donors (Lipinski definition) is 1. The molecule has 0 unspecified atom stereocenters. The molecule has 0 atom stereocenters. The first kappa shape index (κ1) is 15.3. The molecule has 1 aromatic rings. The van der Waals surface area contributed by atoms with E-state index in [2.05, 4.69) is 51.0 Å². The fraction of sp³-hybridized carbons (Fsp3) is 0.706. The molecule has 1 heterocycles. The van der Waals surface area contributed by atoms with Crippen molar-refractivity contribution in [3.8, 4) is 0 Å². The third kappa shape index (κ3) is 4.20. The number of hydrogen-bond acceptors (Lipinski definition) is 3. The van der Waals surface area contributed by atoms with Crippen LogP contribution in [0, 0.1) is 25.7 Å². The SMILES string of the molecule is Cc1cc(C)c(CNCC(C)C)c(N(C)CC2CC2)n1. The average molecular weight is 275 g/mol. The van der Waals surface area contributed by atoms with Gasteiger partial charge in [-0.25, -0.2) is 4.98 Å². The van der Waals surface area contributed by atoms with Crippen LogP contribution in [0.3, 0.4) is 0 Å². The molecule has 2 rings (SSSR count). The molecule has 20 heavy (non-hydrogen) atoms. The Bertz CT molecular complexity index is 450. The topological polar surface area (TPSA) is 28.2 Å². The Labute approximate surface area is 123 Å². The Morgan fingerprint density at radius 2 is 2.05 bits per heavy atom. The molecule has 0 spiro atoms. The summed E-state index contributed by atoms with van der Waals surface area (Å²) in [5, 5.41) is 3.56. The summed E-state index contributed by atoms with van der Waals surface area (Å²) in [6.07, 6.45) is 2.77. The predicted molar refractivity (Wildman–Crippen MR) is 86.2 cm³/mol. The molecule has 1 N–H and O–H groups in total. The minimum Gasteiger partial charge on any atom is -0.359 e. The van der Waals surface area contributed by atoms with E-state index in [1.807, 2.05) is 0 Å². The summed E-state index contributed by atoms with van der Waals surface area (Å²) in [5.41, 5.74) is 3.83. The molecule has 1 aromatic heterocycles. The van der Waals surface area contributed by atoms with Gasteiger partial charge in [0.15, 0.2) is 0 Å². The van der Waals surface area contributed by atoms with Crippen molar-refractivity contribution in [1.82, 2.24) is 10.3 Å². The minimum absolute atomic E-state index is 0.682. The largest absolute Gasteiger partial charge is 0.359 e. The fourth-order valence-corrected chi connectivity index (χ4v) is 2.64. The maximum atomic E-state index is 4.80. The van der Waals surface area contributed by atoms with Crippen LogP contribution in [0.4, 0.5) is 5.82 Å². The summed E-state index contributed by atoms with van der Waals surface area (Å²) in [6.45, 7) is 11.9. The third-order valence-corrected chi connectivity index (χ3v) is 3.90. The lowest BCUT2D eigenvalue weighted by Gasteiger charge is -2.23. The number of anilines is 1. The number of nitrogens with zero attached hydrogens (tertiary/aromatic N) is 2. The minimum atomic E-state index is 0.682. The second-order valence-corrected chi connectivity index (χ2v) is 6.73. The maximum absolute atomic E-state index is 4.80. The normalized spacial score (nSPS) is 14.9. The molecule has 0 bridgehead atoms. The van der Waals surface area contributed by atoms with Gasteiger partial charge in [0.05, 0.1) is 0 Å². The molecule has 0 radical (unpaired) electrons. The lowest BCUT2D eigenvalue weighted by Crippen LogP contribution is -2.26. The first-order valence-electron chi connectivity index (χ1n) is 7.86. The summed E-state index contributed by atoms with van der Waals surface area (Å²) in [7, 11) is 2.19. The van der Waals surface area contributed by atoms with Crippen molar-refractivity contribution < 1.29 is 0 Å².